The normalized spacial score (nSPS) is 12.6. The lowest BCUT2D eigenvalue weighted by molar-refractivity contribution is 0.612. The molecule has 3 aromatic carbocycles. The van der Waals surface area contributed by atoms with Gasteiger partial charge in [0, 0.05) is 10.0 Å². The highest BCUT2D eigenvalue weighted by molar-refractivity contribution is 9.10. The first-order valence-corrected chi connectivity index (χ1v) is 7.88. The molecule has 3 rings (SSSR count). The molecule has 0 bridgehead atoms. The van der Waals surface area contributed by atoms with Crippen LogP contribution in [-0.4, -0.2) is 0 Å². The molecule has 1 unspecified atom stereocenters. The van der Waals surface area contributed by atoms with Crippen molar-refractivity contribution in [3.05, 3.63) is 81.6 Å². The number of halogens is 3. The largest absolute Gasteiger partial charge is 0.207 e. The van der Waals surface area contributed by atoms with E-state index >= 15 is 0 Å². The van der Waals surface area contributed by atoms with Crippen LogP contribution < -0.4 is 0 Å². The van der Waals surface area contributed by atoms with Gasteiger partial charge in [-0.05, 0) is 47.0 Å². The first-order valence-electron chi connectivity index (χ1n) is 6.65. The van der Waals surface area contributed by atoms with Gasteiger partial charge in [0.25, 0.3) is 0 Å². The average Bonchev–Trinajstić information content (AvgIpc) is 2.50. The molecular formula is C18H13BrClF. The fourth-order valence-corrected chi connectivity index (χ4v) is 3.31. The Hall–Kier alpha value is -1.38. The van der Waals surface area contributed by atoms with E-state index in [1.807, 2.05) is 30.3 Å². The van der Waals surface area contributed by atoms with Crippen molar-refractivity contribution >= 4 is 38.3 Å². The Balaban J connectivity index is 2.20. The summed E-state index contributed by atoms with van der Waals surface area (Å²) < 4.78 is 14.9. The Morgan fingerprint density at radius 2 is 1.67 bits per heavy atom. The van der Waals surface area contributed by atoms with E-state index in [9.17, 15) is 4.39 Å². The second kappa shape index (κ2) is 5.78. The Bertz CT molecular complexity index is 813. The maximum atomic E-state index is 14.1. The van der Waals surface area contributed by atoms with E-state index < -0.39 is 5.38 Å². The summed E-state index contributed by atoms with van der Waals surface area (Å²) in [6.45, 7) is 2.06. The zero-order chi connectivity index (χ0) is 15.0. The second-order valence-electron chi connectivity index (χ2n) is 5.05. The Morgan fingerprint density at radius 3 is 2.43 bits per heavy atom. The lowest BCUT2D eigenvalue weighted by Gasteiger charge is -2.15. The summed E-state index contributed by atoms with van der Waals surface area (Å²) >= 11 is 9.95. The van der Waals surface area contributed by atoms with Crippen LogP contribution in [0.1, 0.15) is 22.1 Å². The monoisotopic (exact) mass is 362 g/mol. The van der Waals surface area contributed by atoms with Crippen LogP contribution in [0.3, 0.4) is 0 Å². The van der Waals surface area contributed by atoms with Crippen LogP contribution >= 0.6 is 27.5 Å². The molecule has 0 radical (unpaired) electrons. The molecule has 0 N–H and O–H groups in total. The van der Waals surface area contributed by atoms with Gasteiger partial charge in [0.15, 0.2) is 0 Å². The molecule has 106 valence electrons. The standard InChI is InChI=1S/C18H13BrClF/c1-11-6-8-15(14-5-3-2-4-13(11)14)18(20)16-10-12(19)7-9-17(16)21/h2-10,18H,1H3. The summed E-state index contributed by atoms with van der Waals surface area (Å²) in [5, 5.41) is 1.70. The molecule has 0 aliphatic carbocycles. The minimum atomic E-state index is -0.520. The van der Waals surface area contributed by atoms with Crippen molar-refractivity contribution in [3.8, 4) is 0 Å². The summed E-state index contributed by atoms with van der Waals surface area (Å²) in [4.78, 5) is 0. The van der Waals surface area contributed by atoms with Gasteiger partial charge >= 0.3 is 0 Å². The van der Waals surface area contributed by atoms with Gasteiger partial charge in [-0.15, -0.1) is 11.6 Å². The van der Waals surface area contributed by atoms with E-state index in [0.717, 1.165) is 20.8 Å². The molecule has 0 amide bonds. The number of hydrogen-bond donors (Lipinski definition) is 0. The third kappa shape index (κ3) is 2.70. The first kappa shape index (κ1) is 14.6. The van der Waals surface area contributed by atoms with E-state index in [1.165, 1.54) is 11.6 Å². The van der Waals surface area contributed by atoms with Crippen molar-refractivity contribution in [2.24, 2.45) is 0 Å². The van der Waals surface area contributed by atoms with Crippen LogP contribution in [0.15, 0.2) is 59.1 Å². The van der Waals surface area contributed by atoms with Gasteiger partial charge in [0.2, 0.25) is 0 Å². The van der Waals surface area contributed by atoms with Crippen LogP contribution in [0.25, 0.3) is 10.8 Å². The second-order valence-corrected chi connectivity index (χ2v) is 6.40. The molecule has 0 saturated carbocycles. The topological polar surface area (TPSA) is 0 Å². The summed E-state index contributed by atoms with van der Waals surface area (Å²) in [7, 11) is 0. The quantitative estimate of drug-likeness (QED) is 0.463. The highest BCUT2D eigenvalue weighted by Crippen LogP contribution is 2.36. The third-order valence-electron chi connectivity index (χ3n) is 3.68. The Morgan fingerprint density at radius 1 is 0.952 bits per heavy atom. The lowest BCUT2D eigenvalue weighted by atomic mass is 9.95. The molecule has 0 saturated heterocycles. The molecule has 0 heterocycles. The fraction of sp³-hybridized carbons (Fsp3) is 0.111. The van der Waals surface area contributed by atoms with Crippen molar-refractivity contribution < 1.29 is 4.39 Å². The van der Waals surface area contributed by atoms with E-state index in [4.69, 9.17) is 11.6 Å². The number of rotatable bonds is 2. The van der Waals surface area contributed by atoms with Crippen LogP contribution in [0, 0.1) is 12.7 Å². The predicted octanol–water partition coefficient (Wildman–Crippen LogP) is 6.38. The van der Waals surface area contributed by atoms with Crippen LogP contribution in [0.2, 0.25) is 0 Å². The summed E-state index contributed by atoms with van der Waals surface area (Å²) in [5.74, 6) is -0.289. The van der Waals surface area contributed by atoms with Gasteiger partial charge in [0.05, 0.1) is 5.38 Å². The zero-order valence-corrected chi connectivity index (χ0v) is 13.7. The van der Waals surface area contributed by atoms with E-state index in [2.05, 4.69) is 28.9 Å². The van der Waals surface area contributed by atoms with Crippen molar-refractivity contribution in [1.29, 1.82) is 0 Å². The van der Waals surface area contributed by atoms with E-state index in [-0.39, 0.29) is 5.82 Å². The molecule has 1 atom stereocenters. The van der Waals surface area contributed by atoms with Gasteiger partial charge < -0.3 is 0 Å². The van der Waals surface area contributed by atoms with Gasteiger partial charge in [0.1, 0.15) is 5.82 Å². The first-order chi connectivity index (χ1) is 10.1. The van der Waals surface area contributed by atoms with Crippen LogP contribution in [0.5, 0.6) is 0 Å². The molecule has 0 aliphatic rings. The summed E-state index contributed by atoms with van der Waals surface area (Å²) in [5.41, 5.74) is 2.60. The summed E-state index contributed by atoms with van der Waals surface area (Å²) in [6.07, 6.45) is 0. The van der Waals surface area contributed by atoms with E-state index in [0.29, 0.717) is 5.56 Å². The zero-order valence-electron chi connectivity index (χ0n) is 11.4. The molecule has 0 spiro atoms. The molecule has 3 heteroatoms. The number of alkyl halides is 1. The molecule has 21 heavy (non-hydrogen) atoms. The molecule has 3 aromatic rings. The Labute approximate surface area is 136 Å². The van der Waals surface area contributed by atoms with Gasteiger partial charge in [-0.1, -0.05) is 52.3 Å². The number of fused-ring (bicyclic) bond motifs is 1. The minimum absolute atomic E-state index is 0.289. The SMILES string of the molecule is Cc1ccc(C(Cl)c2cc(Br)ccc2F)c2ccccc12. The highest BCUT2D eigenvalue weighted by Gasteiger charge is 2.18. The average molecular weight is 364 g/mol. The number of benzene rings is 3. The maximum absolute atomic E-state index is 14.1. The predicted molar refractivity (Wildman–Crippen MR) is 90.5 cm³/mol. The molecular weight excluding hydrogens is 351 g/mol. The molecule has 0 fully saturated rings. The van der Waals surface area contributed by atoms with Crippen molar-refractivity contribution in [1.82, 2.24) is 0 Å². The van der Waals surface area contributed by atoms with Crippen LogP contribution in [0.4, 0.5) is 4.39 Å². The maximum Gasteiger partial charge on any atom is 0.128 e. The highest BCUT2D eigenvalue weighted by atomic mass is 79.9. The fourth-order valence-electron chi connectivity index (χ4n) is 2.57. The minimum Gasteiger partial charge on any atom is -0.207 e. The van der Waals surface area contributed by atoms with Crippen molar-refractivity contribution in [3.63, 3.8) is 0 Å². The van der Waals surface area contributed by atoms with Crippen molar-refractivity contribution in [2.45, 2.75) is 12.3 Å². The smallest absolute Gasteiger partial charge is 0.128 e. The lowest BCUT2D eigenvalue weighted by Crippen LogP contribution is -1.99. The van der Waals surface area contributed by atoms with E-state index in [1.54, 1.807) is 12.1 Å². The molecule has 0 aromatic heterocycles. The van der Waals surface area contributed by atoms with Gasteiger partial charge in [-0.3, -0.25) is 0 Å². The summed E-state index contributed by atoms with van der Waals surface area (Å²) in [6, 6.07) is 16.9. The number of aryl methyl sites for hydroxylation is 1. The molecule has 0 nitrogen and oxygen atoms in total. The van der Waals surface area contributed by atoms with Gasteiger partial charge in [-0.2, -0.15) is 0 Å². The van der Waals surface area contributed by atoms with Crippen LogP contribution in [-0.2, 0) is 0 Å². The van der Waals surface area contributed by atoms with Gasteiger partial charge in [-0.25, -0.2) is 4.39 Å². The Kier molecular flexibility index (Phi) is 4.01. The third-order valence-corrected chi connectivity index (χ3v) is 4.64. The number of hydrogen-bond acceptors (Lipinski definition) is 0. The molecule has 0 aliphatic heterocycles. The van der Waals surface area contributed by atoms with Crippen molar-refractivity contribution in [2.75, 3.05) is 0 Å².